The van der Waals surface area contributed by atoms with Gasteiger partial charge in [0, 0.05) is 33.4 Å². The van der Waals surface area contributed by atoms with Gasteiger partial charge in [-0.3, -0.25) is 9.00 Å². The lowest BCUT2D eigenvalue weighted by molar-refractivity contribution is -0.107. The van der Waals surface area contributed by atoms with Crippen LogP contribution < -0.4 is 5.32 Å². The molecule has 1 N–H and O–H groups in total. The number of alkyl halides is 3. The van der Waals surface area contributed by atoms with E-state index in [1.54, 1.807) is 33.0 Å². The van der Waals surface area contributed by atoms with E-state index < -0.39 is 22.7 Å². The molecule has 0 aliphatic carbocycles. The minimum Gasteiger partial charge on any atom is -0.373 e. The highest BCUT2D eigenvalue weighted by atomic mass is 32.2. The van der Waals surface area contributed by atoms with Crippen LogP contribution in [0.4, 0.5) is 19.0 Å². The summed E-state index contributed by atoms with van der Waals surface area (Å²) in [4.78, 5) is 21.8. The van der Waals surface area contributed by atoms with Crippen LogP contribution in [0.5, 0.6) is 0 Å². The van der Waals surface area contributed by atoms with Crippen molar-refractivity contribution in [2.45, 2.75) is 24.9 Å². The fraction of sp³-hybridized carbons (Fsp3) is 0.421. The van der Waals surface area contributed by atoms with E-state index in [9.17, 15) is 22.2 Å². The Morgan fingerprint density at radius 3 is 2.47 bits per heavy atom. The molecule has 7 nitrogen and oxygen atoms in total. The monoisotopic (exact) mass is 443 g/mol. The quantitative estimate of drug-likeness (QED) is 0.631. The number of pyridine rings is 1. The van der Waals surface area contributed by atoms with Gasteiger partial charge >= 0.3 is 6.18 Å². The van der Waals surface area contributed by atoms with Crippen LogP contribution in [0.2, 0.25) is 0 Å². The van der Waals surface area contributed by atoms with Gasteiger partial charge in [0.2, 0.25) is 0 Å². The molecule has 2 rings (SSSR count). The number of aldehydes is 1. The average Bonchev–Trinajstić information content (AvgIpc) is 3.04. The van der Waals surface area contributed by atoms with Crippen LogP contribution in [-0.2, 0) is 17.8 Å². The van der Waals surface area contributed by atoms with Gasteiger partial charge in [0.1, 0.15) is 22.9 Å². The molecule has 1 atom stereocenters. The Balaban J connectivity index is 2.78. The summed E-state index contributed by atoms with van der Waals surface area (Å²) in [7, 11) is 3.08. The molecule has 2 aromatic heterocycles. The Bertz CT molecular complexity index is 985. The standard InChI is InChI=1S/C19H24F3N5O2S/c1-6-26(4)15(19(20,21)22)10-12-13(11-28)27(5)18(24-12)17-14(30(29)7-2)8-9-16(23-3)25-17/h8-11H,6-7H2,1-5H3,(H,23,25)/b15-10-. The number of anilines is 1. The summed E-state index contributed by atoms with van der Waals surface area (Å²) in [5, 5.41) is 2.87. The second-order valence-corrected chi connectivity index (χ2v) is 8.06. The molecular formula is C19H24F3N5O2S. The number of nitrogens with zero attached hydrogens (tertiary/aromatic N) is 4. The van der Waals surface area contributed by atoms with Crippen molar-refractivity contribution in [3.05, 3.63) is 29.2 Å². The van der Waals surface area contributed by atoms with E-state index in [0.717, 1.165) is 11.0 Å². The molecule has 1 unspecified atom stereocenters. The molecule has 2 heterocycles. The lowest BCUT2D eigenvalue weighted by Gasteiger charge is -2.22. The largest absolute Gasteiger partial charge is 0.431 e. The molecule has 0 aromatic carbocycles. The minimum absolute atomic E-state index is 0.0406. The van der Waals surface area contributed by atoms with Gasteiger partial charge in [0.05, 0.1) is 21.4 Å². The third-order valence-corrected chi connectivity index (χ3v) is 5.91. The number of allylic oxidation sites excluding steroid dienone is 1. The summed E-state index contributed by atoms with van der Waals surface area (Å²) in [5.74, 6) is 0.944. The summed E-state index contributed by atoms with van der Waals surface area (Å²) in [6.07, 6.45) is -3.34. The fourth-order valence-electron chi connectivity index (χ4n) is 2.78. The van der Waals surface area contributed by atoms with Crippen LogP contribution in [0.25, 0.3) is 17.6 Å². The predicted molar refractivity (Wildman–Crippen MR) is 111 cm³/mol. The summed E-state index contributed by atoms with van der Waals surface area (Å²) < 4.78 is 54.4. The van der Waals surface area contributed by atoms with Gasteiger partial charge in [-0.25, -0.2) is 9.97 Å². The van der Waals surface area contributed by atoms with Gasteiger partial charge in [-0.1, -0.05) is 6.92 Å². The Kier molecular flexibility index (Phi) is 7.40. The molecule has 0 spiro atoms. The number of aromatic nitrogens is 3. The second-order valence-electron chi connectivity index (χ2n) is 6.35. The van der Waals surface area contributed by atoms with Crippen molar-refractivity contribution in [2.24, 2.45) is 7.05 Å². The molecule has 0 aliphatic rings. The SMILES string of the molecule is CCN(C)/C(=C\c1nc(-c2nc(NC)ccc2S(=O)CC)n(C)c1C=O)C(F)(F)F. The van der Waals surface area contributed by atoms with Crippen molar-refractivity contribution in [1.29, 1.82) is 0 Å². The van der Waals surface area contributed by atoms with Crippen LogP contribution in [0.1, 0.15) is 30.0 Å². The first-order chi connectivity index (χ1) is 14.1. The van der Waals surface area contributed by atoms with Crippen molar-refractivity contribution in [3.63, 3.8) is 0 Å². The maximum absolute atomic E-state index is 13.5. The lowest BCUT2D eigenvalue weighted by atomic mass is 10.2. The van der Waals surface area contributed by atoms with Crippen molar-refractivity contribution in [1.82, 2.24) is 19.4 Å². The van der Waals surface area contributed by atoms with E-state index in [-0.39, 0.29) is 29.5 Å². The number of hydrogen-bond donors (Lipinski definition) is 1. The number of halogens is 3. The number of imidazole rings is 1. The van der Waals surface area contributed by atoms with Crippen LogP contribution in [0.15, 0.2) is 22.7 Å². The molecule has 2 aromatic rings. The third kappa shape index (κ3) is 4.72. The molecule has 0 bridgehead atoms. The van der Waals surface area contributed by atoms with Crippen LogP contribution >= 0.6 is 0 Å². The second kappa shape index (κ2) is 9.41. The van der Waals surface area contributed by atoms with Crippen LogP contribution in [-0.4, -0.2) is 62.5 Å². The van der Waals surface area contributed by atoms with Gasteiger partial charge in [-0.05, 0) is 25.1 Å². The van der Waals surface area contributed by atoms with E-state index in [1.807, 2.05) is 0 Å². The number of carbonyl (C=O) groups is 1. The number of carbonyl (C=O) groups excluding carboxylic acids is 1. The average molecular weight is 443 g/mol. The number of rotatable bonds is 8. The molecule has 0 saturated heterocycles. The fourth-order valence-corrected chi connectivity index (χ4v) is 3.67. The van der Waals surface area contributed by atoms with E-state index in [2.05, 4.69) is 15.3 Å². The summed E-state index contributed by atoms with van der Waals surface area (Å²) in [6, 6.07) is 3.28. The maximum atomic E-state index is 13.5. The predicted octanol–water partition coefficient (Wildman–Crippen LogP) is 3.32. The first kappa shape index (κ1) is 23.6. The van der Waals surface area contributed by atoms with Crippen molar-refractivity contribution in [3.8, 4) is 11.5 Å². The highest BCUT2D eigenvalue weighted by Gasteiger charge is 2.36. The number of hydrogen-bond acceptors (Lipinski definition) is 6. The Labute approximate surface area is 175 Å². The van der Waals surface area contributed by atoms with Crippen molar-refractivity contribution in [2.75, 3.05) is 31.7 Å². The van der Waals surface area contributed by atoms with Gasteiger partial charge in [0.15, 0.2) is 12.1 Å². The highest BCUT2D eigenvalue weighted by Crippen LogP contribution is 2.32. The zero-order valence-electron chi connectivity index (χ0n) is 17.4. The normalized spacial score (nSPS) is 13.3. The lowest BCUT2D eigenvalue weighted by Crippen LogP contribution is -2.28. The molecular weight excluding hydrogens is 419 g/mol. The van der Waals surface area contributed by atoms with Crippen molar-refractivity contribution < 1.29 is 22.2 Å². The summed E-state index contributed by atoms with van der Waals surface area (Å²) in [6.45, 7) is 3.45. The molecule has 164 valence electrons. The van der Waals surface area contributed by atoms with Gasteiger partial charge in [0.25, 0.3) is 0 Å². The topological polar surface area (TPSA) is 80.1 Å². The Morgan fingerprint density at radius 1 is 1.30 bits per heavy atom. The van der Waals surface area contributed by atoms with E-state index in [1.165, 1.54) is 18.7 Å². The zero-order valence-corrected chi connectivity index (χ0v) is 18.2. The zero-order chi connectivity index (χ0) is 22.6. The maximum Gasteiger partial charge on any atom is 0.431 e. The molecule has 30 heavy (non-hydrogen) atoms. The molecule has 0 amide bonds. The molecule has 0 aliphatic heterocycles. The van der Waals surface area contributed by atoms with Gasteiger partial charge in [-0.2, -0.15) is 13.2 Å². The Hall–Kier alpha value is -2.69. The molecule has 0 saturated carbocycles. The van der Waals surface area contributed by atoms with Crippen molar-refractivity contribution >= 4 is 29.0 Å². The van der Waals surface area contributed by atoms with Gasteiger partial charge in [-0.15, -0.1) is 0 Å². The minimum atomic E-state index is -4.62. The first-order valence-electron chi connectivity index (χ1n) is 9.18. The molecule has 11 heteroatoms. The van der Waals surface area contributed by atoms with Gasteiger partial charge < -0.3 is 14.8 Å². The summed E-state index contributed by atoms with van der Waals surface area (Å²) >= 11 is 0. The third-order valence-electron chi connectivity index (χ3n) is 4.56. The van der Waals surface area contributed by atoms with E-state index in [0.29, 0.717) is 22.8 Å². The van der Waals surface area contributed by atoms with E-state index in [4.69, 9.17) is 0 Å². The Morgan fingerprint density at radius 2 is 1.97 bits per heavy atom. The smallest absolute Gasteiger partial charge is 0.373 e. The molecule has 0 radical (unpaired) electrons. The first-order valence-corrected chi connectivity index (χ1v) is 10.5. The molecule has 0 fully saturated rings. The number of nitrogens with one attached hydrogen (secondary N) is 1. The highest BCUT2D eigenvalue weighted by molar-refractivity contribution is 7.85. The van der Waals surface area contributed by atoms with E-state index >= 15 is 0 Å². The van der Waals surface area contributed by atoms with Crippen LogP contribution in [0, 0.1) is 0 Å². The summed E-state index contributed by atoms with van der Waals surface area (Å²) in [5.41, 5.74) is -0.863. The van der Waals surface area contributed by atoms with Crippen LogP contribution in [0.3, 0.4) is 0 Å².